The molecule has 8 heteroatoms. The minimum atomic E-state index is 0. The van der Waals surface area contributed by atoms with Crippen LogP contribution in [0.15, 0.2) is 104 Å². The third-order valence-corrected chi connectivity index (χ3v) is 7.76. The molecule has 0 fully saturated rings. The smallest absolute Gasteiger partial charge is 0.509 e. The Balaban J connectivity index is 0.00000357. The van der Waals surface area contributed by atoms with Crippen molar-refractivity contribution < 1.29 is 25.8 Å². The standard InChI is InChI=1S/C37H32N6O.Pt/c1-25-18-19-38-36(20-25)43-32-13-7-6-12-30(32)31-17-16-29(22-35(31)43)44-28-11-8-10-27(21-28)42-24-26(23-39-42)37-33(40(2)3)14-9-15-34(37)41(4)5;/h6-20,23-24H,1-5H3;/q-2;+2. The zero-order valence-corrected chi connectivity index (χ0v) is 28.0. The van der Waals surface area contributed by atoms with Gasteiger partial charge in [0.15, 0.2) is 0 Å². The van der Waals surface area contributed by atoms with Gasteiger partial charge in [-0.25, -0.2) is 4.98 Å². The summed E-state index contributed by atoms with van der Waals surface area (Å²) in [7, 11) is 8.23. The molecule has 7 nitrogen and oxygen atoms in total. The summed E-state index contributed by atoms with van der Waals surface area (Å²) in [6.07, 6.45) is 5.78. The number of para-hydroxylation sites is 1. The fourth-order valence-electron chi connectivity index (χ4n) is 5.72. The number of aryl methyl sites for hydroxylation is 1. The van der Waals surface area contributed by atoms with Gasteiger partial charge in [-0.15, -0.1) is 35.7 Å². The Hall–Kier alpha value is -4.87. The summed E-state index contributed by atoms with van der Waals surface area (Å²) in [5.74, 6) is 2.02. The second-order valence-electron chi connectivity index (χ2n) is 11.3. The van der Waals surface area contributed by atoms with Crippen LogP contribution >= 0.6 is 0 Å². The number of fused-ring (bicyclic) bond motifs is 3. The molecule has 45 heavy (non-hydrogen) atoms. The summed E-state index contributed by atoms with van der Waals surface area (Å²) in [5.41, 5.74) is 8.31. The normalized spacial score (nSPS) is 11.0. The molecule has 4 aromatic carbocycles. The second-order valence-corrected chi connectivity index (χ2v) is 11.3. The van der Waals surface area contributed by atoms with E-state index in [0.29, 0.717) is 11.5 Å². The summed E-state index contributed by atoms with van der Waals surface area (Å²) in [6, 6.07) is 35.6. The SMILES string of the molecule is Cc1ccnc(-n2c3[c-]c(Oc4[c-]c(-n5cc(-c6c(N(C)C)cccc6N(C)C)cn5)ccc4)ccc3c3ccccc32)c1.[Pt+2]. The topological polar surface area (TPSA) is 51.4 Å². The van der Waals surface area contributed by atoms with Gasteiger partial charge >= 0.3 is 21.1 Å². The molecule has 7 aromatic rings. The summed E-state index contributed by atoms with van der Waals surface area (Å²) >= 11 is 0. The van der Waals surface area contributed by atoms with Crippen molar-refractivity contribution in [1.82, 2.24) is 19.3 Å². The predicted octanol–water partition coefficient (Wildman–Crippen LogP) is 7.86. The molecule has 0 aliphatic carbocycles. The first kappa shape index (κ1) is 30.2. The van der Waals surface area contributed by atoms with Crippen LogP contribution in [-0.4, -0.2) is 47.5 Å². The molecule has 0 saturated carbocycles. The zero-order chi connectivity index (χ0) is 30.4. The van der Waals surface area contributed by atoms with Crippen molar-refractivity contribution in [2.24, 2.45) is 0 Å². The van der Waals surface area contributed by atoms with E-state index >= 15 is 0 Å². The summed E-state index contributed by atoms with van der Waals surface area (Å²) in [5, 5.41) is 6.94. The van der Waals surface area contributed by atoms with Crippen LogP contribution in [0.25, 0.3) is 44.4 Å². The number of aromatic nitrogens is 4. The molecule has 0 radical (unpaired) electrons. The maximum Gasteiger partial charge on any atom is 2.00 e. The van der Waals surface area contributed by atoms with Crippen molar-refractivity contribution in [3.63, 3.8) is 0 Å². The molecule has 226 valence electrons. The van der Waals surface area contributed by atoms with Gasteiger partial charge in [-0.05, 0) is 53.9 Å². The maximum atomic E-state index is 6.35. The van der Waals surface area contributed by atoms with Crippen LogP contribution in [-0.2, 0) is 21.1 Å². The molecule has 0 bridgehead atoms. The van der Waals surface area contributed by atoms with Gasteiger partial charge in [0.05, 0.1) is 6.20 Å². The first-order chi connectivity index (χ1) is 21.4. The Morgan fingerprint density at radius 1 is 0.756 bits per heavy atom. The number of pyridine rings is 1. The van der Waals surface area contributed by atoms with E-state index in [4.69, 9.17) is 9.84 Å². The predicted molar refractivity (Wildman–Crippen MR) is 179 cm³/mol. The van der Waals surface area contributed by atoms with Crippen LogP contribution in [0.2, 0.25) is 0 Å². The van der Waals surface area contributed by atoms with E-state index in [1.807, 2.05) is 59.7 Å². The molecule has 0 N–H and O–H groups in total. The number of hydrogen-bond acceptors (Lipinski definition) is 5. The van der Waals surface area contributed by atoms with Crippen molar-refractivity contribution in [2.75, 3.05) is 38.0 Å². The van der Waals surface area contributed by atoms with Crippen molar-refractivity contribution in [3.8, 4) is 34.1 Å². The third-order valence-electron chi connectivity index (χ3n) is 7.76. The van der Waals surface area contributed by atoms with E-state index in [0.717, 1.165) is 61.4 Å². The van der Waals surface area contributed by atoms with Gasteiger partial charge in [-0.1, -0.05) is 29.8 Å². The fourth-order valence-corrected chi connectivity index (χ4v) is 5.72. The number of anilines is 2. The third kappa shape index (κ3) is 5.60. The van der Waals surface area contributed by atoms with Crippen LogP contribution in [0, 0.1) is 19.1 Å². The quantitative estimate of drug-likeness (QED) is 0.155. The van der Waals surface area contributed by atoms with Gasteiger partial charge in [0.1, 0.15) is 5.82 Å². The molecule has 7 rings (SSSR count). The van der Waals surface area contributed by atoms with Crippen molar-refractivity contribution in [3.05, 3.63) is 121 Å². The van der Waals surface area contributed by atoms with Crippen molar-refractivity contribution >= 4 is 33.2 Å². The molecule has 3 aromatic heterocycles. The Labute approximate surface area is 277 Å². The Morgan fingerprint density at radius 2 is 1.49 bits per heavy atom. The Morgan fingerprint density at radius 3 is 2.24 bits per heavy atom. The van der Waals surface area contributed by atoms with E-state index in [1.54, 1.807) is 0 Å². The summed E-state index contributed by atoms with van der Waals surface area (Å²) < 4.78 is 10.3. The first-order valence-electron chi connectivity index (χ1n) is 14.5. The number of nitrogens with zero attached hydrogens (tertiary/aromatic N) is 6. The van der Waals surface area contributed by atoms with Crippen LogP contribution < -0.4 is 14.5 Å². The molecule has 0 saturated heterocycles. The van der Waals surface area contributed by atoms with Crippen LogP contribution in [0.5, 0.6) is 11.5 Å². The molecule has 0 amide bonds. The van der Waals surface area contributed by atoms with E-state index in [1.165, 1.54) is 0 Å². The molecular formula is C37H32N6OPt. The molecule has 0 atom stereocenters. The Kier molecular flexibility index (Phi) is 8.22. The van der Waals surface area contributed by atoms with Gasteiger partial charge in [0.2, 0.25) is 0 Å². The minimum absolute atomic E-state index is 0. The molecule has 3 heterocycles. The van der Waals surface area contributed by atoms with E-state index in [9.17, 15) is 0 Å². The number of rotatable bonds is 7. The summed E-state index contributed by atoms with van der Waals surface area (Å²) in [4.78, 5) is 8.93. The molecular weight excluding hydrogens is 740 g/mol. The average molecular weight is 772 g/mol. The molecule has 0 aliphatic rings. The van der Waals surface area contributed by atoms with Gasteiger partial charge in [-0.3, -0.25) is 4.68 Å². The minimum Gasteiger partial charge on any atom is -0.509 e. The van der Waals surface area contributed by atoms with Crippen LogP contribution in [0.4, 0.5) is 11.4 Å². The van der Waals surface area contributed by atoms with E-state index in [2.05, 4.69) is 115 Å². The largest absolute Gasteiger partial charge is 2.00 e. The molecule has 0 spiro atoms. The van der Waals surface area contributed by atoms with Gasteiger partial charge in [0.25, 0.3) is 0 Å². The molecule has 0 unspecified atom stereocenters. The fraction of sp³-hybridized carbons (Fsp3) is 0.135. The molecule has 0 aliphatic heterocycles. The van der Waals surface area contributed by atoms with Gasteiger partial charge in [0, 0.05) is 80.1 Å². The monoisotopic (exact) mass is 771 g/mol. The van der Waals surface area contributed by atoms with Gasteiger partial charge in [-0.2, -0.15) is 17.2 Å². The second kappa shape index (κ2) is 12.3. The van der Waals surface area contributed by atoms with E-state index in [-0.39, 0.29) is 21.1 Å². The van der Waals surface area contributed by atoms with Crippen molar-refractivity contribution in [1.29, 1.82) is 0 Å². The van der Waals surface area contributed by atoms with Crippen molar-refractivity contribution in [2.45, 2.75) is 6.92 Å². The number of ether oxygens (including phenoxy) is 1. The van der Waals surface area contributed by atoms with Gasteiger partial charge < -0.3 is 19.1 Å². The average Bonchev–Trinajstić information content (AvgIpc) is 3.64. The Bertz CT molecular complexity index is 2120. The number of benzene rings is 4. The maximum absolute atomic E-state index is 6.35. The zero-order valence-electron chi connectivity index (χ0n) is 25.7. The van der Waals surface area contributed by atoms with E-state index < -0.39 is 0 Å². The van der Waals surface area contributed by atoms with Crippen LogP contribution in [0.1, 0.15) is 5.56 Å². The first-order valence-corrected chi connectivity index (χ1v) is 14.5. The number of hydrogen-bond donors (Lipinski definition) is 0. The van der Waals surface area contributed by atoms with Crippen LogP contribution in [0.3, 0.4) is 0 Å². The summed E-state index contributed by atoms with van der Waals surface area (Å²) in [6.45, 7) is 2.07.